The van der Waals surface area contributed by atoms with E-state index in [0.29, 0.717) is 0 Å². The Morgan fingerprint density at radius 2 is 1.18 bits per heavy atom. The first-order chi connectivity index (χ1) is 16.2. The van der Waals surface area contributed by atoms with Gasteiger partial charge in [-0.25, -0.2) is 0 Å². The van der Waals surface area contributed by atoms with Gasteiger partial charge in [-0.2, -0.15) is 0 Å². The largest absolute Gasteiger partial charge is 0.310 e. The molecule has 0 unspecified atom stereocenters. The van der Waals surface area contributed by atoms with Crippen LogP contribution < -0.4 is 4.90 Å². The van der Waals surface area contributed by atoms with Crippen molar-refractivity contribution in [2.75, 3.05) is 4.90 Å². The monoisotopic (exact) mass is 423 g/mol. The van der Waals surface area contributed by atoms with Crippen LogP contribution in [0.25, 0.3) is 27.6 Å². The molecule has 3 nitrogen and oxygen atoms in total. The van der Waals surface area contributed by atoms with E-state index in [-0.39, 0.29) is 11.4 Å². The molecule has 0 heterocycles. The zero-order valence-electron chi connectivity index (χ0n) is 17.9. The Morgan fingerprint density at radius 1 is 0.515 bits per heavy atom. The third kappa shape index (κ3) is 3.22. The Hall–Kier alpha value is -4.50. The molecule has 5 aromatic rings. The summed E-state index contributed by atoms with van der Waals surface area (Å²) in [5, 5.41) is 21.0. The van der Waals surface area contributed by atoms with E-state index in [0.717, 1.165) is 39.0 Å². The Morgan fingerprint density at radius 3 is 2.00 bits per heavy atom. The lowest BCUT2D eigenvalue weighted by atomic mass is 9.89. The first-order valence-electron chi connectivity index (χ1n) is 11.0. The number of nitrogens with one attached hydrogen (secondary N) is 2. The van der Waals surface area contributed by atoms with Crippen LogP contribution in [0.5, 0.6) is 0 Å². The average molecular weight is 424 g/mol. The number of anilines is 3. The van der Waals surface area contributed by atoms with Crippen LogP contribution in [0.1, 0.15) is 11.1 Å². The SMILES string of the molecule is N=C1C=Cc2ccc3cc(N(c4ccccc4)c4ccc5ccccc5c4)ccc3c2C1=N. The lowest BCUT2D eigenvalue weighted by Crippen LogP contribution is -2.16. The first kappa shape index (κ1) is 19.2. The van der Waals surface area contributed by atoms with Gasteiger partial charge < -0.3 is 4.90 Å². The zero-order valence-corrected chi connectivity index (χ0v) is 17.9. The third-order valence-electron chi connectivity index (χ3n) is 6.25. The highest BCUT2D eigenvalue weighted by Gasteiger charge is 2.19. The fraction of sp³-hybridized carbons (Fsp3) is 0. The van der Waals surface area contributed by atoms with Crippen molar-refractivity contribution in [3.8, 4) is 0 Å². The number of allylic oxidation sites excluding steroid dienone is 1. The Balaban J connectivity index is 1.55. The Bertz CT molecular complexity index is 1600. The van der Waals surface area contributed by atoms with Crippen molar-refractivity contribution >= 4 is 56.1 Å². The summed E-state index contributed by atoms with van der Waals surface area (Å²) in [6.45, 7) is 0. The van der Waals surface area contributed by atoms with Crippen LogP contribution in [0.4, 0.5) is 17.1 Å². The summed E-state index contributed by atoms with van der Waals surface area (Å²) in [6.07, 6.45) is 3.62. The van der Waals surface area contributed by atoms with Crippen molar-refractivity contribution in [3.05, 3.63) is 120 Å². The topological polar surface area (TPSA) is 50.9 Å². The van der Waals surface area contributed by atoms with Crippen LogP contribution in [0.3, 0.4) is 0 Å². The summed E-state index contributed by atoms with van der Waals surface area (Å²) >= 11 is 0. The Kier molecular flexibility index (Phi) is 4.41. The molecule has 0 radical (unpaired) electrons. The molecule has 1 aliphatic carbocycles. The second-order valence-corrected chi connectivity index (χ2v) is 8.26. The van der Waals surface area contributed by atoms with Crippen molar-refractivity contribution in [1.29, 1.82) is 10.8 Å². The number of para-hydroxylation sites is 1. The molecule has 0 spiro atoms. The van der Waals surface area contributed by atoms with Gasteiger partial charge in [0, 0.05) is 22.6 Å². The zero-order chi connectivity index (χ0) is 22.4. The minimum atomic E-state index is 0.251. The van der Waals surface area contributed by atoms with Crippen LogP contribution >= 0.6 is 0 Å². The van der Waals surface area contributed by atoms with Crippen molar-refractivity contribution < 1.29 is 0 Å². The van der Waals surface area contributed by atoms with E-state index >= 15 is 0 Å². The molecule has 0 amide bonds. The van der Waals surface area contributed by atoms with Gasteiger partial charge in [-0.1, -0.05) is 72.8 Å². The number of benzene rings is 5. The van der Waals surface area contributed by atoms with E-state index in [1.54, 1.807) is 6.08 Å². The molecular formula is C30H21N3. The lowest BCUT2D eigenvalue weighted by molar-refractivity contribution is 1.29. The van der Waals surface area contributed by atoms with Gasteiger partial charge in [0.1, 0.15) is 0 Å². The normalized spacial score (nSPS) is 12.8. The van der Waals surface area contributed by atoms with Gasteiger partial charge >= 0.3 is 0 Å². The molecule has 0 atom stereocenters. The third-order valence-corrected chi connectivity index (χ3v) is 6.25. The van der Waals surface area contributed by atoms with E-state index in [4.69, 9.17) is 10.8 Å². The van der Waals surface area contributed by atoms with Crippen LogP contribution in [0.15, 0.2) is 109 Å². The molecular weight excluding hydrogens is 402 g/mol. The van der Waals surface area contributed by atoms with Crippen molar-refractivity contribution in [2.24, 2.45) is 0 Å². The predicted molar refractivity (Wildman–Crippen MR) is 140 cm³/mol. The molecule has 0 fully saturated rings. The Labute approximate surface area is 192 Å². The standard InChI is InChI=1S/C30H21N3/c31-28-17-13-21-10-11-23-19-26(15-16-27(23)29(21)30(28)32)33(24-8-2-1-3-9-24)25-14-12-20-6-4-5-7-22(20)18-25/h1-19,31-32H. The smallest absolute Gasteiger partial charge is 0.0873 e. The van der Waals surface area contributed by atoms with E-state index < -0.39 is 0 Å². The quantitative estimate of drug-likeness (QED) is 0.305. The molecule has 0 saturated heterocycles. The number of hydrogen-bond donors (Lipinski definition) is 2. The minimum absolute atomic E-state index is 0.251. The summed E-state index contributed by atoms with van der Waals surface area (Å²) in [7, 11) is 0. The van der Waals surface area contributed by atoms with Gasteiger partial charge in [-0.05, 0) is 69.6 Å². The fourth-order valence-corrected chi connectivity index (χ4v) is 4.62. The summed E-state index contributed by atoms with van der Waals surface area (Å²) in [5.74, 6) is 0. The summed E-state index contributed by atoms with van der Waals surface area (Å²) < 4.78 is 0. The van der Waals surface area contributed by atoms with Crippen molar-refractivity contribution in [2.45, 2.75) is 0 Å². The van der Waals surface area contributed by atoms with Gasteiger partial charge in [0.15, 0.2) is 0 Å². The molecule has 0 bridgehead atoms. The molecule has 0 saturated carbocycles. The first-order valence-corrected chi connectivity index (χ1v) is 11.0. The number of rotatable bonds is 3. The molecule has 3 heteroatoms. The maximum Gasteiger partial charge on any atom is 0.0873 e. The second-order valence-electron chi connectivity index (χ2n) is 8.26. The van der Waals surface area contributed by atoms with Gasteiger partial charge in [0.25, 0.3) is 0 Å². The number of hydrogen-bond acceptors (Lipinski definition) is 3. The van der Waals surface area contributed by atoms with Gasteiger partial charge in [0.2, 0.25) is 0 Å². The molecule has 6 rings (SSSR count). The highest BCUT2D eigenvalue weighted by atomic mass is 15.1. The van der Waals surface area contributed by atoms with E-state index in [2.05, 4.69) is 95.9 Å². The second kappa shape index (κ2) is 7.57. The van der Waals surface area contributed by atoms with Crippen molar-refractivity contribution in [3.63, 3.8) is 0 Å². The molecule has 33 heavy (non-hydrogen) atoms. The van der Waals surface area contributed by atoms with Gasteiger partial charge in [-0.3, -0.25) is 10.8 Å². The number of fused-ring (bicyclic) bond motifs is 4. The van der Waals surface area contributed by atoms with Crippen molar-refractivity contribution in [1.82, 2.24) is 0 Å². The van der Waals surface area contributed by atoms with Crippen LogP contribution in [0.2, 0.25) is 0 Å². The predicted octanol–water partition coefficient (Wildman–Crippen LogP) is 7.88. The minimum Gasteiger partial charge on any atom is -0.310 e. The van der Waals surface area contributed by atoms with Crippen LogP contribution in [-0.2, 0) is 0 Å². The van der Waals surface area contributed by atoms with Gasteiger partial charge in [-0.15, -0.1) is 0 Å². The summed E-state index contributed by atoms with van der Waals surface area (Å²) in [5.41, 5.74) is 5.59. The van der Waals surface area contributed by atoms with E-state index in [9.17, 15) is 0 Å². The number of nitrogens with zero attached hydrogens (tertiary/aromatic N) is 1. The molecule has 0 aliphatic heterocycles. The maximum absolute atomic E-state index is 8.46. The van der Waals surface area contributed by atoms with Crippen LogP contribution in [0, 0.1) is 10.8 Å². The van der Waals surface area contributed by atoms with Gasteiger partial charge in [0.05, 0.1) is 11.4 Å². The molecule has 0 aromatic heterocycles. The van der Waals surface area contributed by atoms with E-state index in [1.807, 2.05) is 18.2 Å². The molecule has 156 valence electrons. The average Bonchev–Trinajstić information content (AvgIpc) is 2.86. The molecule has 5 aromatic carbocycles. The highest BCUT2D eigenvalue weighted by Crippen LogP contribution is 2.38. The fourth-order valence-electron chi connectivity index (χ4n) is 4.62. The van der Waals surface area contributed by atoms with Crippen LogP contribution in [-0.4, -0.2) is 11.4 Å². The molecule has 2 N–H and O–H groups in total. The summed E-state index contributed by atoms with van der Waals surface area (Å²) in [4.78, 5) is 2.26. The summed E-state index contributed by atoms with van der Waals surface area (Å²) in [6, 6.07) is 35.9. The van der Waals surface area contributed by atoms with E-state index in [1.165, 1.54) is 10.8 Å². The molecule has 1 aliphatic rings. The highest BCUT2D eigenvalue weighted by molar-refractivity contribution is 6.53. The maximum atomic E-state index is 8.46. The lowest BCUT2D eigenvalue weighted by Gasteiger charge is -2.26.